The molecule has 2 rings (SSSR count). The number of carbonyl (C=O) groups is 1. The summed E-state index contributed by atoms with van der Waals surface area (Å²) in [6, 6.07) is 7.50. The Morgan fingerprint density at radius 1 is 1.24 bits per heavy atom. The zero-order valence-corrected chi connectivity index (χ0v) is 13.3. The van der Waals surface area contributed by atoms with E-state index in [1.165, 1.54) is 0 Å². The molecule has 1 fully saturated rings. The summed E-state index contributed by atoms with van der Waals surface area (Å²) in [6.07, 6.45) is 0.558. The van der Waals surface area contributed by atoms with Crippen LogP contribution in [0.5, 0.6) is 0 Å². The van der Waals surface area contributed by atoms with Gasteiger partial charge < -0.3 is 14.4 Å². The second kappa shape index (κ2) is 5.46. The van der Waals surface area contributed by atoms with Crippen molar-refractivity contribution < 1.29 is 19.2 Å². The number of hydrogen-bond donors (Lipinski definition) is 1. The van der Waals surface area contributed by atoms with Crippen LogP contribution in [0.1, 0.15) is 52.5 Å². The fourth-order valence-corrected chi connectivity index (χ4v) is 2.45. The Morgan fingerprint density at radius 2 is 1.81 bits per heavy atom. The van der Waals surface area contributed by atoms with Crippen LogP contribution in [-0.2, 0) is 14.1 Å². The molecule has 0 amide bonds. The fourth-order valence-electron chi connectivity index (χ4n) is 2.45. The molecule has 0 radical (unpaired) electrons. The second-order valence-electron chi connectivity index (χ2n) is 6.56. The molecular weight excluding hydrogens is 267 g/mol. The van der Waals surface area contributed by atoms with E-state index in [0.29, 0.717) is 6.42 Å². The van der Waals surface area contributed by atoms with Crippen molar-refractivity contribution in [3.63, 3.8) is 0 Å². The van der Waals surface area contributed by atoms with E-state index in [1.807, 2.05) is 58.9 Å². The molecule has 5 heteroatoms. The number of benzene rings is 1. The molecule has 1 atom stereocenters. The van der Waals surface area contributed by atoms with Gasteiger partial charge in [0.1, 0.15) is 0 Å². The van der Waals surface area contributed by atoms with Crippen LogP contribution in [-0.4, -0.2) is 29.4 Å². The zero-order valence-electron chi connectivity index (χ0n) is 13.3. The first kappa shape index (κ1) is 16.1. The van der Waals surface area contributed by atoms with Crippen LogP contribution in [0.25, 0.3) is 0 Å². The third kappa shape index (κ3) is 2.99. The van der Waals surface area contributed by atoms with E-state index < -0.39 is 30.2 Å². The van der Waals surface area contributed by atoms with E-state index in [9.17, 15) is 9.90 Å². The lowest BCUT2D eigenvalue weighted by atomic mass is 9.77. The summed E-state index contributed by atoms with van der Waals surface area (Å²) < 4.78 is 12.0. The van der Waals surface area contributed by atoms with Gasteiger partial charge in [-0.2, -0.15) is 0 Å². The van der Waals surface area contributed by atoms with Crippen LogP contribution in [0.3, 0.4) is 0 Å². The molecule has 0 aromatic heterocycles. The van der Waals surface area contributed by atoms with E-state index in [1.54, 1.807) is 0 Å². The van der Waals surface area contributed by atoms with Crippen molar-refractivity contribution in [3.05, 3.63) is 29.8 Å². The van der Waals surface area contributed by atoms with Crippen molar-refractivity contribution in [1.82, 2.24) is 0 Å². The van der Waals surface area contributed by atoms with Crippen LogP contribution >= 0.6 is 0 Å². The predicted molar refractivity (Wildman–Crippen MR) is 82.8 cm³/mol. The van der Waals surface area contributed by atoms with Gasteiger partial charge in [0.15, 0.2) is 0 Å². The molecule has 21 heavy (non-hydrogen) atoms. The topological polar surface area (TPSA) is 55.8 Å². The summed E-state index contributed by atoms with van der Waals surface area (Å²) in [7, 11) is -0.457. The maximum absolute atomic E-state index is 11.3. The maximum atomic E-state index is 11.3. The molecule has 4 nitrogen and oxygen atoms in total. The van der Waals surface area contributed by atoms with E-state index >= 15 is 0 Å². The van der Waals surface area contributed by atoms with Crippen molar-refractivity contribution in [2.24, 2.45) is 0 Å². The summed E-state index contributed by atoms with van der Waals surface area (Å²) in [5, 5.41) is 9.29. The lowest BCUT2D eigenvalue weighted by Gasteiger charge is -2.32. The largest absolute Gasteiger partial charge is 0.494 e. The minimum Gasteiger partial charge on any atom is -0.481 e. The van der Waals surface area contributed by atoms with Gasteiger partial charge in [-0.25, -0.2) is 0 Å². The minimum atomic E-state index is -0.802. The molecule has 1 unspecified atom stereocenters. The predicted octanol–water partition coefficient (Wildman–Crippen LogP) is 2.56. The molecule has 1 heterocycles. The van der Waals surface area contributed by atoms with Gasteiger partial charge in [0.05, 0.1) is 17.1 Å². The monoisotopic (exact) mass is 290 g/mol. The van der Waals surface area contributed by atoms with E-state index in [-0.39, 0.29) is 0 Å². The van der Waals surface area contributed by atoms with E-state index in [2.05, 4.69) is 0 Å². The Kier molecular flexibility index (Phi) is 4.18. The molecule has 1 aromatic carbocycles. The zero-order chi connectivity index (χ0) is 15.8. The van der Waals surface area contributed by atoms with Gasteiger partial charge in [0, 0.05) is 0 Å². The summed E-state index contributed by atoms with van der Waals surface area (Å²) in [5.74, 6) is -1.30. The number of rotatable bonds is 4. The SMILES string of the molecule is CCC(C(=O)O)c1cccc(B2OC(C)(C)C(C)(C)O2)c1. The molecule has 1 aromatic rings. The van der Waals surface area contributed by atoms with Crippen LogP contribution in [0, 0.1) is 0 Å². The van der Waals surface area contributed by atoms with Crippen molar-refractivity contribution in [3.8, 4) is 0 Å². The molecule has 1 N–H and O–H groups in total. The van der Waals surface area contributed by atoms with Gasteiger partial charge in [0.2, 0.25) is 0 Å². The lowest BCUT2D eigenvalue weighted by molar-refractivity contribution is -0.138. The average Bonchev–Trinajstić information content (AvgIpc) is 2.59. The van der Waals surface area contributed by atoms with Gasteiger partial charge in [-0.05, 0) is 45.1 Å². The number of carboxylic acids is 1. The summed E-state index contributed by atoms with van der Waals surface area (Å²) in [6.45, 7) is 9.89. The second-order valence-corrected chi connectivity index (χ2v) is 6.56. The first-order chi connectivity index (χ1) is 9.68. The van der Waals surface area contributed by atoms with Gasteiger partial charge in [0.25, 0.3) is 0 Å². The highest BCUT2D eigenvalue weighted by Gasteiger charge is 2.51. The third-order valence-electron chi connectivity index (χ3n) is 4.54. The molecule has 0 bridgehead atoms. The van der Waals surface area contributed by atoms with Gasteiger partial charge >= 0.3 is 13.1 Å². The molecule has 114 valence electrons. The molecular formula is C16H23BO4. The standard InChI is InChI=1S/C16H23BO4/c1-6-13(14(18)19)11-8-7-9-12(10-11)17-20-15(2,3)16(4,5)21-17/h7-10,13H,6H2,1-5H3,(H,18,19). The Morgan fingerprint density at radius 3 is 2.29 bits per heavy atom. The van der Waals surface area contributed by atoms with Gasteiger partial charge in [-0.1, -0.05) is 31.2 Å². The number of hydrogen-bond acceptors (Lipinski definition) is 3. The highest BCUT2D eigenvalue weighted by Crippen LogP contribution is 2.36. The first-order valence-corrected chi connectivity index (χ1v) is 7.36. The quantitative estimate of drug-likeness (QED) is 0.866. The van der Waals surface area contributed by atoms with Crippen molar-refractivity contribution in [2.75, 3.05) is 0 Å². The van der Waals surface area contributed by atoms with Crippen LogP contribution < -0.4 is 5.46 Å². The first-order valence-electron chi connectivity index (χ1n) is 7.36. The minimum absolute atomic E-state index is 0.398. The Balaban J connectivity index is 2.29. The molecule has 0 aliphatic carbocycles. The van der Waals surface area contributed by atoms with Crippen LogP contribution in [0.15, 0.2) is 24.3 Å². The highest BCUT2D eigenvalue weighted by atomic mass is 16.7. The smallest absolute Gasteiger partial charge is 0.481 e. The van der Waals surface area contributed by atoms with Gasteiger partial charge in [-0.3, -0.25) is 4.79 Å². The number of aliphatic carboxylic acids is 1. The summed E-state index contributed by atoms with van der Waals surface area (Å²) >= 11 is 0. The number of carboxylic acid groups (broad SMARTS) is 1. The van der Waals surface area contributed by atoms with Crippen molar-refractivity contribution >= 4 is 18.6 Å². The molecule has 1 aliphatic rings. The molecule has 0 spiro atoms. The Hall–Kier alpha value is -1.33. The summed E-state index contributed by atoms with van der Waals surface area (Å²) in [4.78, 5) is 11.3. The Labute approximate surface area is 126 Å². The normalized spacial score (nSPS) is 21.3. The third-order valence-corrected chi connectivity index (χ3v) is 4.54. The maximum Gasteiger partial charge on any atom is 0.494 e. The lowest BCUT2D eigenvalue weighted by Crippen LogP contribution is -2.41. The van der Waals surface area contributed by atoms with Crippen molar-refractivity contribution in [2.45, 2.75) is 58.2 Å². The van der Waals surface area contributed by atoms with Gasteiger partial charge in [-0.15, -0.1) is 0 Å². The van der Waals surface area contributed by atoms with Crippen LogP contribution in [0.2, 0.25) is 0 Å². The average molecular weight is 290 g/mol. The fraction of sp³-hybridized carbons (Fsp3) is 0.562. The van der Waals surface area contributed by atoms with E-state index in [4.69, 9.17) is 9.31 Å². The summed E-state index contributed by atoms with van der Waals surface area (Å²) in [5.41, 5.74) is 0.859. The highest BCUT2D eigenvalue weighted by molar-refractivity contribution is 6.62. The van der Waals surface area contributed by atoms with E-state index in [0.717, 1.165) is 11.0 Å². The molecule has 0 saturated carbocycles. The Bertz CT molecular complexity index is 523. The molecule has 1 aliphatic heterocycles. The molecule has 1 saturated heterocycles. The van der Waals surface area contributed by atoms with Crippen molar-refractivity contribution in [1.29, 1.82) is 0 Å². The van der Waals surface area contributed by atoms with Crippen LogP contribution in [0.4, 0.5) is 0 Å².